The molecule has 0 N–H and O–H groups in total. The van der Waals surface area contributed by atoms with E-state index in [0.717, 1.165) is 25.7 Å². The van der Waals surface area contributed by atoms with Gasteiger partial charge in [-0.15, -0.1) is 0 Å². The molecule has 0 aromatic heterocycles. The predicted octanol–water partition coefficient (Wildman–Crippen LogP) is 6.37. The fourth-order valence-electron chi connectivity index (χ4n) is 5.88. The molecule has 0 bridgehead atoms. The third kappa shape index (κ3) is 7.58. The normalized spacial score (nSPS) is 24.7. The SMILES string of the molecule is CCCCCCCCCCCCC1CC(=O)CN(C2CC(C)(C)N(C)C(C)(C)C2)C1=O. The number of carbonyl (C=O) groups excluding carboxylic acids is 2. The average Bonchev–Trinajstić information content (AvgIpc) is 2.69. The van der Waals surface area contributed by atoms with Gasteiger partial charge in [0.1, 0.15) is 0 Å². The molecule has 1 amide bonds. The highest BCUT2D eigenvalue weighted by molar-refractivity contribution is 5.94. The Bertz CT molecular complexity index is 566. The van der Waals surface area contributed by atoms with Crippen molar-refractivity contribution in [3.8, 4) is 0 Å². The summed E-state index contributed by atoms with van der Waals surface area (Å²) in [6.45, 7) is 11.6. The van der Waals surface area contributed by atoms with E-state index in [1.807, 2.05) is 4.90 Å². The molecular formula is C27H50N2O2. The average molecular weight is 435 g/mol. The molecule has 0 saturated carbocycles. The van der Waals surface area contributed by atoms with Crippen LogP contribution < -0.4 is 0 Å². The quantitative estimate of drug-likeness (QED) is 0.335. The van der Waals surface area contributed by atoms with E-state index >= 15 is 0 Å². The monoisotopic (exact) mass is 434 g/mol. The molecule has 2 aliphatic heterocycles. The minimum atomic E-state index is -0.0822. The lowest BCUT2D eigenvalue weighted by Crippen LogP contribution is -2.64. The number of rotatable bonds is 12. The lowest BCUT2D eigenvalue weighted by atomic mass is 9.76. The van der Waals surface area contributed by atoms with E-state index < -0.39 is 0 Å². The van der Waals surface area contributed by atoms with Gasteiger partial charge in [-0.1, -0.05) is 71.1 Å². The summed E-state index contributed by atoms with van der Waals surface area (Å²) in [5, 5.41) is 0. The molecule has 2 saturated heterocycles. The maximum Gasteiger partial charge on any atom is 0.226 e. The molecule has 180 valence electrons. The van der Waals surface area contributed by atoms with E-state index in [-0.39, 0.29) is 34.7 Å². The van der Waals surface area contributed by atoms with Gasteiger partial charge in [0.15, 0.2) is 5.78 Å². The number of hydrogen-bond acceptors (Lipinski definition) is 3. The summed E-state index contributed by atoms with van der Waals surface area (Å²) in [5.41, 5.74) is 0.0540. The third-order valence-electron chi connectivity index (χ3n) is 8.09. The molecule has 4 heteroatoms. The van der Waals surface area contributed by atoms with Gasteiger partial charge in [0.05, 0.1) is 6.54 Å². The van der Waals surface area contributed by atoms with Crippen LogP contribution in [0.3, 0.4) is 0 Å². The van der Waals surface area contributed by atoms with Gasteiger partial charge in [0.25, 0.3) is 0 Å². The predicted molar refractivity (Wildman–Crippen MR) is 130 cm³/mol. The summed E-state index contributed by atoms with van der Waals surface area (Å²) in [4.78, 5) is 30.3. The minimum absolute atomic E-state index is 0.0270. The number of nitrogens with zero attached hydrogens (tertiary/aromatic N) is 2. The first kappa shape index (κ1) is 26.4. The van der Waals surface area contributed by atoms with Gasteiger partial charge in [0, 0.05) is 29.5 Å². The molecule has 0 aromatic carbocycles. The van der Waals surface area contributed by atoms with Crippen LogP contribution in [0.5, 0.6) is 0 Å². The van der Waals surface area contributed by atoms with Crippen LogP contribution in [-0.2, 0) is 9.59 Å². The summed E-state index contributed by atoms with van der Waals surface area (Å²) in [7, 11) is 2.19. The summed E-state index contributed by atoms with van der Waals surface area (Å²) < 4.78 is 0. The fraction of sp³-hybridized carbons (Fsp3) is 0.926. The Kier molecular flexibility index (Phi) is 10.0. The smallest absolute Gasteiger partial charge is 0.226 e. The molecule has 4 nitrogen and oxygen atoms in total. The maximum atomic E-state index is 13.3. The van der Waals surface area contributed by atoms with Crippen LogP contribution in [-0.4, -0.2) is 52.2 Å². The van der Waals surface area contributed by atoms with Crippen molar-refractivity contribution in [2.75, 3.05) is 13.6 Å². The van der Waals surface area contributed by atoms with E-state index in [1.54, 1.807) is 0 Å². The van der Waals surface area contributed by atoms with Crippen molar-refractivity contribution in [3.63, 3.8) is 0 Å². The lowest BCUT2D eigenvalue weighted by Gasteiger charge is -2.56. The van der Waals surface area contributed by atoms with Gasteiger partial charge < -0.3 is 4.90 Å². The van der Waals surface area contributed by atoms with E-state index in [0.29, 0.717) is 13.0 Å². The second kappa shape index (κ2) is 11.8. The first-order valence-corrected chi connectivity index (χ1v) is 13.1. The van der Waals surface area contributed by atoms with E-state index in [2.05, 4.69) is 46.6 Å². The zero-order chi connectivity index (χ0) is 23.1. The molecule has 1 atom stereocenters. The van der Waals surface area contributed by atoms with Crippen LogP contribution in [0, 0.1) is 5.92 Å². The zero-order valence-electron chi connectivity index (χ0n) is 21.5. The van der Waals surface area contributed by atoms with Crippen LogP contribution >= 0.6 is 0 Å². The molecule has 0 spiro atoms. The van der Waals surface area contributed by atoms with Gasteiger partial charge in [-0.2, -0.15) is 0 Å². The fourth-order valence-corrected chi connectivity index (χ4v) is 5.88. The van der Waals surface area contributed by atoms with Crippen LogP contribution in [0.2, 0.25) is 0 Å². The molecule has 31 heavy (non-hydrogen) atoms. The molecule has 0 aromatic rings. The highest BCUT2D eigenvalue weighted by atomic mass is 16.2. The summed E-state index contributed by atoms with van der Waals surface area (Å²) >= 11 is 0. The van der Waals surface area contributed by atoms with Gasteiger partial charge in [-0.05, 0) is 54.0 Å². The summed E-state index contributed by atoms with van der Waals surface area (Å²) in [6.07, 6.45) is 16.3. The largest absolute Gasteiger partial charge is 0.332 e. The lowest BCUT2D eigenvalue weighted by molar-refractivity contribution is -0.152. The Morgan fingerprint density at radius 2 is 1.29 bits per heavy atom. The Balaban J connectivity index is 1.78. The number of Topliss-reactive ketones (excluding diaryl/α,β-unsaturated/α-hetero) is 1. The van der Waals surface area contributed by atoms with Crippen LogP contribution in [0.4, 0.5) is 0 Å². The number of likely N-dealkylation sites (tertiary alicyclic amines) is 2. The standard InChI is InChI=1S/C27H50N2O2/c1-7-8-9-10-11-12-13-14-15-16-17-22-18-24(30)21-29(25(22)31)23-19-26(2,3)28(6)27(4,5)20-23/h22-23H,7-21H2,1-6H3. The van der Waals surface area contributed by atoms with E-state index in [9.17, 15) is 9.59 Å². The van der Waals surface area contributed by atoms with Gasteiger partial charge >= 0.3 is 0 Å². The van der Waals surface area contributed by atoms with Crippen molar-refractivity contribution in [1.29, 1.82) is 0 Å². The maximum absolute atomic E-state index is 13.3. The molecule has 0 radical (unpaired) electrons. The number of carbonyl (C=O) groups is 2. The number of ketones is 1. The number of piperidine rings is 2. The van der Waals surface area contributed by atoms with E-state index in [1.165, 1.54) is 57.8 Å². The number of unbranched alkanes of at least 4 members (excludes halogenated alkanes) is 9. The number of amides is 1. The molecule has 2 fully saturated rings. The molecular weight excluding hydrogens is 384 g/mol. The second-order valence-corrected chi connectivity index (χ2v) is 11.6. The van der Waals surface area contributed by atoms with Crippen molar-refractivity contribution >= 4 is 11.7 Å². The van der Waals surface area contributed by atoms with Crippen molar-refractivity contribution in [2.45, 2.75) is 142 Å². The highest BCUT2D eigenvalue weighted by Gasteiger charge is 2.47. The summed E-state index contributed by atoms with van der Waals surface area (Å²) in [5.74, 6) is 0.420. The van der Waals surface area contributed by atoms with Crippen molar-refractivity contribution < 1.29 is 9.59 Å². The van der Waals surface area contributed by atoms with Crippen molar-refractivity contribution in [2.24, 2.45) is 5.92 Å². The molecule has 2 heterocycles. The molecule has 1 unspecified atom stereocenters. The van der Waals surface area contributed by atoms with Crippen LogP contribution in [0.1, 0.15) is 125 Å². The Labute approximate surface area is 192 Å². The van der Waals surface area contributed by atoms with E-state index in [4.69, 9.17) is 0 Å². The van der Waals surface area contributed by atoms with Gasteiger partial charge in [-0.3, -0.25) is 14.5 Å². The third-order valence-corrected chi connectivity index (χ3v) is 8.09. The Morgan fingerprint density at radius 1 is 0.806 bits per heavy atom. The minimum Gasteiger partial charge on any atom is -0.332 e. The summed E-state index contributed by atoms with van der Waals surface area (Å²) in [6, 6.07) is 0.174. The van der Waals surface area contributed by atoms with Gasteiger partial charge in [-0.25, -0.2) is 0 Å². The molecule has 2 rings (SSSR count). The highest BCUT2D eigenvalue weighted by Crippen LogP contribution is 2.40. The Morgan fingerprint density at radius 3 is 1.81 bits per heavy atom. The topological polar surface area (TPSA) is 40.6 Å². The van der Waals surface area contributed by atoms with Crippen LogP contribution in [0.25, 0.3) is 0 Å². The van der Waals surface area contributed by atoms with Gasteiger partial charge in [0.2, 0.25) is 5.91 Å². The second-order valence-electron chi connectivity index (χ2n) is 11.6. The van der Waals surface area contributed by atoms with Crippen LogP contribution in [0.15, 0.2) is 0 Å². The Hall–Kier alpha value is -0.900. The molecule has 0 aliphatic carbocycles. The number of hydrogen-bond donors (Lipinski definition) is 0. The van der Waals surface area contributed by atoms with Crippen molar-refractivity contribution in [3.05, 3.63) is 0 Å². The zero-order valence-corrected chi connectivity index (χ0v) is 21.5. The van der Waals surface area contributed by atoms with Crippen molar-refractivity contribution in [1.82, 2.24) is 9.80 Å². The molecule has 2 aliphatic rings. The first-order chi connectivity index (χ1) is 14.6. The first-order valence-electron chi connectivity index (χ1n) is 13.1.